The lowest BCUT2D eigenvalue weighted by Crippen LogP contribution is -2.49. The summed E-state index contributed by atoms with van der Waals surface area (Å²) in [5.41, 5.74) is 2.28. The summed E-state index contributed by atoms with van der Waals surface area (Å²) in [6.45, 7) is 4.72. The van der Waals surface area contributed by atoms with Crippen LogP contribution in [0.4, 0.5) is 5.69 Å². The van der Waals surface area contributed by atoms with Crippen LogP contribution >= 0.6 is 15.9 Å². The van der Waals surface area contributed by atoms with Crippen LogP contribution in [0, 0.1) is 0 Å². The number of piperazine rings is 1. The molecule has 1 aromatic heterocycles. The van der Waals surface area contributed by atoms with Gasteiger partial charge in [0, 0.05) is 54.3 Å². The number of hydrogen-bond acceptors (Lipinski definition) is 4. The summed E-state index contributed by atoms with van der Waals surface area (Å²) in [6.07, 6.45) is 1.40. The van der Waals surface area contributed by atoms with E-state index in [9.17, 15) is 5.11 Å². The van der Waals surface area contributed by atoms with Gasteiger partial charge in [-0.25, -0.2) is 0 Å². The minimum Gasteiger partial charge on any atom is -0.490 e. The Labute approximate surface area is 167 Å². The standard InChI is InChI=1S/C21H24BrN3O2/c22-18-4-1-2-6-20(18)25-12-10-24(11-13-25)14-16(26)15-27-21-7-3-5-19-17(21)8-9-23-19/h1-9,16,23,26H,10-15H2. The smallest absolute Gasteiger partial charge is 0.128 e. The maximum absolute atomic E-state index is 10.4. The number of β-amino-alcohol motifs (C(OH)–C–C–N with tert-alkyl or cyclic N) is 1. The molecule has 142 valence electrons. The first-order chi connectivity index (χ1) is 13.2. The molecule has 6 heteroatoms. The van der Waals surface area contributed by atoms with E-state index in [2.05, 4.69) is 48.9 Å². The lowest BCUT2D eigenvalue weighted by atomic mass is 10.2. The molecule has 4 rings (SSSR count). The lowest BCUT2D eigenvalue weighted by molar-refractivity contribution is 0.0668. The highest BCUT2D eigenvalue weighted by Gasteiger charge is 2.21. The number of aliphatic hydroxyl groups is 1. The normalized spacial score (nSPS) is 16.6. The number of nitrogens with one attached hydrogen (secondary N) is 1. The molecule has 2 aromatic carbocycles. The number of aromatic nitrogens is 1. The molecule has 0 spiro atoms. The molecule has 1 saturated heterocycles. The number of nitrogens with zero attached hydrogens (tertiary/aromatic N) is 2. The van der Waals surface area contributed by atoms with E-state index in [1.807, 2.05) is 36.5 Å². The van der Waals surface area contributed by atoms with Crippen LogP contribution in [0.5, 0.6) is 5.75 Å². The van der Waals surface area contributed by atoms with Crippen LogP contribution in [0.2, 0.25) is 0 Å². The molecular formula is C21H24BrN3O2. The highest BCUT2D eigenvalue weighted by atomic mass is 79.9. The van der Waals surface area contributed by atoms with Crippen LogP contribution in [0.3, 0.4) is 0 Å². The first-order valence-electron chi connectivity index (χ1n) is 9.29. The number of benzene rings is 2. The number of aliphatic hydroxyl groups excluding tert-OH is 1. The Bertz CT molecular complexity index is 890. The summed E-state index contributed by atoms with van der Waals surface area (Å²) in [7, 11) is 0. The third-order valence-electron chi connectivity index (χ3n) is 5.02. The molecular weight excluding hydrogens is 406 g/mol. The Balaban J connectivity index is 1.27. The molecule has 5 nitrogen and oxygen atoms in total. The van der Waals surface area contributed by atoms with Crippen molar-refractivity contribution in [2.45, 2.75) is 6.10 Å². The van der Waals surface area contributed by atoms with Crippen molar-refractivity contribution in [2.24, 2.45) is 0 Å². The van der Waals surface area contributed by atoms with Crippen molar-refractivity contribution in [2.75, 3.05) is 44.2 Å². The lowest BCUT2D eigenvalue weighted by Gasteiger charge is -2.37. The minimum absolute atomic E-state index is 0.300. The van der Waals surface area contributed by atoms with Gasteiger partial charge < -0.3 is 19.7 Å². The highest BCUT2D eigenvalue weighted by molar-refractivity contribution is 9.10. The number of H-pyrrole nitrogens is 1. The van der Waals surface area contributed by atoms with Crippen LogP contribution < -0.4 is 9.64 Å². The maximum Gasteiger partial charge on any atom is 0.128 e. The Morgan fingerprint density at radius 3 is 2.67 bits per heavy atom. The van der Waals surface area contributed by atoms with Gasteiger partial charge in [-0.3, -0.25) is 4.90 Å². The molecule has 0 amide bonds. The second-order valence-electron chi connectivity index (χ2n) is 6.90. The van der Waals surface area contributed by atoms with Gasteiger partial charge >= 0.3 is 0 Å². The van der Waals surface area contributed by atoms with Crippen LogP contribution in [0.15, 0.2) is 59.2 Å². The molecule has 1 aliphatic heterocycles. The number of hydrogen-bond donors (Lipinski definition) is 2. The molecule has 1 aliphatic rings. The van der Waals surface area contributed by atoms with Crippen molar-refractivity contribution in [3.63, 3.8) is 0 Å². The Morgan fingerprint density at radius 1 is 1.04 bits per heavy atom. The molecule has 3 aromatic rings. The molecule has 1 unspecified atom stereocenters. The summed E-state index contributed by atoms with van der Waals surface area (Å²) in [4.78, 5) is 7.86. The summed E-state index contributed by atoms with van der Waals surface area (Å²) in [5, 5.41) is 11.5. The predicted octanol–water partition coefficient (Wildman–Crippen LogP) is 3.49. The van der Waals surface area contributed by atoms with E-state index in [1.54, 1.807) is 0 Å². The fraction of sp³-hybridized carbons (Fsp3) is 0.333. The molecule has 27 heavy (non-hydrogen) atoms. The fourth-order valence-corrected chi connectivity index (χ4v) is 4.13. The van der Waals surface area contributed by atoms with Gasteiger partial charge in [0.05, 0.1) is 5.69 Å². The maximum atomic E-state index is 10.4. The van der Waals surface area contributed by atoms with Crippen molar-refractivity contribution in [1.82, 2.24) is 9.88 Å². The third kappa shape index (κ3) is 4.29. The largest absolute Gasteiger partial charge is 0.490 e. The average molecular weight is 430 g/mol. The third-order valence-corrected chi connectivity index (χ3v) is 5.69. The SMILES string of the molecule is OC(COc1cccc2[nH]ccc12)CN1CCN(c2ccccc2Br)CC1. The van der Waals surface area contributed by atoms with Crippen LogP contribution in [-0.4, -0.2) is 60.4 Å². The van der Waals surface area contributed by atoms with Crippen LogP contribution in [-0.2, 0) is 0 Å². The van der Waals surface area contributed by atoms with Crippen molar-refractivity contribution in [3.8, 4) is 5.75 Å². The minimum atomic E-state index is -0.505. The number of anilines is 1. The molecule has 1 fully saturated rings. The van der Waals surface area contributed by atoms with Gasteiger partial charge in [0.15, 0.2) is 0 Å². The first kappa shape index (κ1) is 18.3. The van der Waals surface area contributed by atoms with E-state index in [-0.39, 0.29) is 0 Å². The number of fused-ring (bicyclic) bond motifs is 1. The zero-order valence-corrected chi connectivity index (χ0v) is 16.7. The van der Waals surface area contributed by atoms with Gasteiger partial charge in [0.25, 0.3) is 0 Å². The van der Waals surface area contributed by atoms with Gasteiger partial charge in [-0.1, -0.05) is 18.2 Å². The van der Waals surface area contributed by atoms with Gasteiger partial charge in [0.2, 0.25) is 0 Å². The number of ether oxygens (including phenoxy) is 1. The zero-order chi connectivity index (χ0) is 18.6. The zero-order valence-electron chi connectivity index (χ0n) is 15.1. The summed E-state index contributed by atoms with van der Waals surface area (Å²) in [6, 6.07) is 16.2. The molecule has 0 aliphatic carbocycles. The first-order valence-corrected chi connectivity index (χ1v) is 10.1. The summed E-state index contributed by atoms with van der Waals surface area (Å²) in [5.74, 6) is 0.812. The van der Waals surface area contributed by atoms with Gasteiger partial charge in [-0.15, -0.1) is 0 Å². The molecule has 0 radical (unpaired) electrons. The van der Waals surface area contributed by atoms with E-state index in [4.69, 9.17) is 4.74 Å². The monoisotopic (exact) mass is 429 g/mol. The van der Waals surface area contributed by atoms with E-state index in [0.29, 0.717) is 13.2 Å². The van der Waals surface area contributed by atoms with Gasteiger partial charge in [0.1, 0.15) is 18.5 Å². The van der Waals surface area contributed by atoms with E-state index in [0.717, 1.165) is 47.3 Å². The average Bonchev–Trinajstić information content (AvgIpc) is 3.17. The van der Waals surface area contributed by atoms with Crippen molar-refractivity contribution in [1.29, 1.82) is 0 Å². The predicted molar refractivity (Wildman–Crippen MR) is 113 cm³/mol. The molecule has 2 heterocycles. The fourth-order valence-electron chi connectivity index (χ4n) is 3.60. The summed E-state index contributed by atoms with van der Waals surface area (Å²) >= 11 is 3.63. The number of halogens is 1. The van der Waals surface area contributed by atoms with Gasteiger partial charge in [-0.05, 0) is 46.3 Å². The van der Waals surface area contributed by atoms with Gasteiger partial charge in [-0.2, -0.15) is 0 Å². The summed E-state index contributed by atoms with van der Waals surface area (Å²) < 4.78 is 7.00. The van der Waals surface area contributed by atoms with Crippen molar-refractivity contribution < 1.29 is 9.84 Å². The van der Waals surface area contributed by atoms with Crippen LogP contribution in [0.1, 0.15) is 0 Å². The highest BCUT2D eigenvalue weighted by Crippen LogP contribution is 2.27. The number of aromatic amines is 1. The van der Waals surface area contributed by atoms with Crippen LogP contribution in [0.25, 0.3) is 10.9 Å². The second kappa shape index (κ2) is 8.33. The topological polar surface area (TPSA) is 51.7 Å². The van der Waals surface area contributed by atoms with Crippen molar-refractivity contribution in [3.05, 3.63) is 59.2 Å². The van der Waals surface area contributed by atoms with E-state index in [1.165, 1.54) is 5.69 Å². The second-order valence-corrected chi connectivity index (χ2v) is 7.75. The Morgan fingerprint density at radius 2 is 1.85 bits per heavy atom. The molecule has 2 N–H and O–H groups in total. The van der Waals surface area contributed by atoms with E-state index >= 15 is 0 Å². The Hall–Kier alpha value is -2.02. The Kier molecular flexibility index (Phi) is 5.66. The van der Waals surface area contributed by atoms with Crippen molar-refractivity contribution >= 4 is 32.5 Å². The molecule has 0 saturated carbocycles. The number of para-hydroxylation sites is 1. The quantitative estimate of drug-likeness (QED) is 0.629. The van der Waals surface area contributed by atoms with E-state index < -0.39 is 6.10 Å². The molecule has 0 bridgehead atoms. The molecule has 1 atom stereocenters. The number of rotatable bonds is 6.